The summed E-state index contributed by atoms with van der Waals surface area (Å²) in [4.78, 5) is 13.5. The molecule has 0 aromatic carbocycles. The van der Waals surface area contributed by atoms with E-state index in [0.29, 0.717) is 11.3 Å². The van der Waals surface area contributed by atoms with Crippen molar-refractivity contribution in [1.82, 2.24) is 4.90 Å². The minimum absolute atomic E-state index is 0.0587. The average molecular weight is 319 g/mol. The van der Waals surface area contributed by atoms with Crippen molar-refractivity contribution >= 4 is 17.2 Å². The van der Waals surface area contributed by atoms with Crippen LogP contribution in [0.3, 0.4) is 0 Å². The molecule has 0 unspecified atom stereocenters. The van der Waals surface area contributed by atoms with Crippen LogP contribution in [0, 0.1) is 11.8 Å². The van der Waals surface area contributed by atoms with E-state index in [9.17, 15) is 18.0 Å². The Morgan fingerprint density at radius 1 is 1.48 bits per heavy atom. The predicted molar refractivity (Wildman–Crippen MR) is 75.1 cm³/mol. The van der Waals surface area contributed by atoms with Crippen LogP contribution in [0.15, 0.2) is 11.4 Å². The highest BCUT2D eigenvalue weighted by Crippen LogP contribution is 2.22. The van der Waals surface area contributed by atoms with Crippen molar-refractivity contribution in [2.75, 3.05) is 13.2 Å². The van der Waals surface area contributed by atoms with Gasteiger partial charge in [0.15, 0.2) is 0 Å². The maximum atomic E-state index is 12.5. The smallest absolute Gasteiger partial charge is 0.395 e. The highest BCUT2D eigenvalue weighted by Gasteiger charge is 2.34. The summed E-state index contributed by atoms with van der Waals surface area (Å²) in [5, 5.41) is 10.1. The molecule has 0 aliphatic heterocycles. The number of carbonyl (C=O) groups excluding carboxylic acids is 1. The monoisotopic (exact) mass is 319 g/mol. The summed E-state index contributed by atoms with van der Waals surface area (Å²) < 4.78 is 37.5. The van der Waals surface area contributed by atoms with Gasteiger partial charge in [-0.2, -0.15) is 13.2 Å². The van der Waals surface area contributed by atoms with Gasteiger partial charge in [0.05, 0.1) is 17.0 Å². The molecule has 7 heteroatoms. The summed E-state index contributed by atoms with van der Waals surface area (Å²) in [5.74, 6) is 4.79. The van der Waals surface area contributed by atoms with E-state index < -0.39 is 24.7 Å². The fourth-order valence-corrected chi connectivity index (χ4v) is 2.32. The number of halogens is 3. The molecule has 0 aliphatic rings. The topological polar surface area (TPSA) is 40.5 Å². The van der Waals surface area contributed by atoms with Crippen LogP contribution < -0.4 is 0 Å². The lowest BCUT2D eigenvalue weighted by Crippen LogP contribution is -2.43. The molecule has 1 aromatic rings. The molecule has 0 radical (unpaired) electrons. The molecule has 1 amide bonds. The minimum Gasteiger partial charge on any atom is -0.395 e. The molecule has 3 nitrogen and oxygen atoms in total. The zero-order valence-electron chi connectivity index (χ0n) is 11.7. The maximum Gasteiger partial charge on any atom is 0.406 e. The first-order valence-electron chi connectivity index (χ1n) is 6.30. The van der Waals surface area contributed by atoms with Crippen LogP contribution in [-0.2, 0) is 0 Å². The first kappa shape index (κ1) is 17.5. The van der Waals surface area contributed by atoms with Gasteiger partial charge in [0, 0.05) is 17.8 Å². The number of nitrogens with zero attached hydrogens (tertiary/aromatic N) is 1. The van der Waals surface area contributed by atoms with Gasteiger partial charge in [-0.25, -0.2) is 0 Å². The fraction of sp³-hybridized carbons (Fsp3) is 0.500. The number of amides is 1. The van der Waals surface area contributed by atoms with Crippen LogP contribution >= 0.6 is 11.3 Å². The zero-order chi connectivity index (χ0) is 16.0. The summed E-state index contributed by atoms with van der Waals surface area (Å²) in [6.07, 6.45) is -4.12. The van der Waals surface area contributed by atoms with Gasteiger partial charge in [-0.3, -0.25) is 4.79 Å². The third kappa shape index (κ3) is 5.78. The van der Waals surface area contributed by atoms with E-state index in [1.165, 1.54) is 36.6 Å². The maximum absolute atomic E-state index is 12.5. The predicted octanol–water partition coefficient (Wildman–Crippen LogP) is 2.89. The number of thiophene rings is 1. The molecule has 0 aliphatic carbocycles. The van der Waals surface area contributed by atoms with Crippen LogP contribution in [-0.4, -0.2) is 41.3 Å². The lowest BCUT2D eigenvalue weighted by molar-refractivity contribution is -0.143. The number of hydrogen-bond acceptors (Lipinski definition) is 3. The van der Waals surface area contributed by atoms with E-state index in [-0.39, 0.29) is 12.2 Å². The Morgan fingerprint density at radius 2 is 2.14 bits per heavy atom. The van der Waals surface area contributed by atoms with Gasteiger partial charge < -0.3 is 10.0 Å². The third-order valence-electron chi connectivity index (χ3n) is 2.53. The molecule has 0 saturated carbocycles. The molecule has 1 heterocycles. The molecule has 1 aromatic heterocycles. The summed E-state index contributed by atoms with van der Waals surface area (Å²) >= 11 is 1.19. The van der Waals surface area contributed by atoms with Gasteiger partial charge in [0.25, 0.3) is 5.91 Å². The normalized spacial score (nSPS) is 11.2. The molecule has 0 saturated heterocycles. The number of carbonyl (C=O) groups is 1. The van der Waals surface area contributed by atoms with Gasteiger partial charge in [0.1, 0.15) is 6.54 Å². The van der Waals surface area contributed by atoms with Crippen molar-refractivity contribution in [3.8, 4) is 11.8 Å². The van der Waals surface area contributed by atoms with E-state index >= 15 is 0 Å². The summed E-state index contributed by atoms with van der Waals surface area (Å²) in [7, 11) is 0. The minimum atomic E-state index is -4.43. The van der Waals surface area contributed by atoms with E-state index in [2.05, 4.69) is 11.8 Å². The first-order chi connectivity index (χ1) is 9.74. The molecule has 1 rings (SSSR count). The van der Waals surface area contributed by atoms with Crippen molar-refractivity contribution in [2.24, 2.45) is 0 Å². The van der Waals surface area contributed by atoms with E-state index in [0.717, 1.165) is 4.90 Å². The Hall–Kier alpha value is -1.52. The largest absolute Gasteiger partial charge is 0.406 e. The van der Waals surface area contributed by atoms with Crippen LogP contribution in [0.25, 0.3) is 0 Å². The summed E-state index contributed by atoms with van der Waals surface area (Å²) in [6, 6.07) is 0.923. The molecule has 116 valence electrons. The quantitative estimate of drug-likeness (QED) is 0.867. The van der Waals surface area contributed by atoms with Gasteiger partial charge in [0.2, 0.25) is 0 Å². The van der Waals surface area contributed by atoms with E-state index in [1.807, 2.05) is 0 Å². The Kier molecular flexibility index (Phi) is 6.24. The second-order valence-corrected chi connectivity index (χ2v) is 5.53. The summed E-state index contributed by atoms with van der Waals surface area (Å²) in [6.45, 7) is 1.75. The average Bonchev–Trinajstić information content (AvgIpc) is 2.83. The fourth-order valence-electron chi connectivity index (χ4n) is 1.57. The second kappa shape index (κ2) is 7.48. The van der Waals surface area contributed by atoms with Crippen LogP contribution in [0.2, 0.25) is 0 Å². The lowest BCUT2D eigenvalue weighted by atomic mass is 10.2. The zero-order valence-corrected chi connectivity index (χ0v) is 12.5. The van der Waals surface area contributed by atoms with Gasteiger partial charge >= 0.3 is 6.18 Å². The Bertz CT molecular complexity index is 540. The van der Waals surface area contributed by atoms with Gasteiger partial charge in [-0.05, 0) is 19.9 Å². The highest BCUT2D eigenvalue weighted by atomic mass is 32.1. The Balaban J connectivity index is 2.88. The number of hydrogen-bond donors (Lipinski definition) is 1. The molecule has 21 heavy (non-hydrogen) atoms. The van der Waals surface area contributed by atoms with Crippen LogP contribution in [0.1, 0.15) is 35.5 Å². The Morgan fingerprint density at radius 3 is 2.67 bits per heavy atom. The van der Waals surface area contributed by atoms with Crippen molar-refractivity contribution in [3.05, 3.63) is 21.9 Å². The number of aliphatic hydroxyl groups excluding tert-OH is 1. The van der Waals surface area contributed by atoms with Crippen molar-refractivity contribution in [1.29, 1.82) is 0 Å². The number of aliphatic hydroxyl groups is 1. The molecular weight excluding hydrogens is 303 g/mol. The molecule has 0 spiro atoms. The SMILES string of the molecule is CC(C)N(CC(F)(F)F)C(=O)c1csc(C#CCCO)c1. The third-order valence-corrected chi connectivity index (χ3v) is 3.37. The lowest BCUT2D eigenvalue weighted by Gasteiger charge is -2.27. The van der Waals surface area contributed by atoms with Crippen LogP contribution in [0.4, 0.5) is 13.2 Å². The van der Waals surface area contributed by atoms with Gasteiger partial charge in [-0.15, -0.1) is 11.3 Å². The van der Waals surface area contributed by atoms with Crippen molar-refractivity contribution in [2.45, 2.75) is 32.5 Å². The van der Waals surface area contributed by atoms with Gasteiger partial charge in [-0.1, -0.05) is 11.8 Å². The standard InChI is InChI=1S/C14H16F3NO2S/c1-10(2)18(9-14(15,16)17)13(20)11-7-12(21-8-11)5-3-4-6-19/h7-8,10,19H,4,6,9H2,1-2H3. The molecule has 0 fully saturated rings. The van der Waals surface area contributed by atoms with E-state index in [4.69, 9.17) is 5.11 Å². The van der Waals surface area contributed by atoms with Crippen molar-refractivity contribution in [3.63, 3.8) is 0 Å². The number of alkyl halides is 3. The first-order valence-corrected chi connectivity index (χ1v) is 7.18. The molecule has 0 bridgehead atoms. The van der Waals surface area contributed by atoms with E-state index in [1.54, 1.807) is 0 Å². The molecular formula is C14H16F3NO2S. The molecule has 0 atom stereocenters. The van der Waals surface area contributed by atoms with Crippen LogP contribution in [0.5, 0.6) is 0 Å². The number of rotatable bonds is 4. The summed E-state index contributed by atoms with van der Waals surface area (Å²) in [5.41, 5.74) is 0.200. The van der Waals surface area contributed by atoms with Crippen molar-refractivity contribution < 1.29 is 23.1 Å². The highest BCUT2D eigenvalue weighted by molar-refractivity contribution is 7.10. The second-order valence-electron chi connectivity index (χ2n) is 4.62. The molecule has 1 N–H and O–H groups in total. The Labute approximate surface area is 125 Å².